The van der Waals surface area contributed by atoms with E-state index in [1.165, 1.54) is 12.8 Å². The number of hydrogen-bond donors (Lipinski definition) is 1. The van der Waals surface area contributed by atoms with Gasteiger partial charge in [-0.25, -0.2) is 0 Å². The van der Waals surface area contributed by atoms with Crippen LogP contribution in [0.15, 0.2) is 16.7 Å². The van der Waals surface area contributed by atoms with Crippen molar-refractivity contribution in [1.29, 1.82) is 0 Å². The molecule has 3 nitrogen and oxygen atoms in total. The Labute approximate surface area is 103 Å². The van der Waals surface area contributed by atoms with Crippen molar-refractivity contribution in [1.82, 2.24) is 5.32 Å². The summed E-state index contributed by atoms with van der Waals surface area (Å²) in [6, 6.07) is 2.43. The van der Waals surface area contributed by atoms with Crippen LogP contribution in [0.1, 0.15) is 30.6 Å². The Kier molecular flexibility index (Phi) is 4.29. The first-order valence-electron chi connectivity index (χ1n) is 5.97. The molecule has 1 aromatic rings. The lowest BCUT2D eigenvalue weighted by atomic mass is 10.3. The Morgan fingerprint density at radius 3 is 2.83 bits per heavy atom. The maximum atomic E-state index is 11.9. The van der Waals surface area contributed by atoms with Gasteiger partial charge in [-0.15, -0.1) is 0 Å². The van der Waals surface area contributed by atoms with Crippen LogP contribution < -0.4 is 5.32 Å². The summed E-state index contributed by atoms with van der Waals surface area (Å²) in [5.74, 6) is 0.560. The molecule has 6 heteroatoms. The van der Waals surface area contributed by atoms with E-state index >= 15 is 0 Å². The Morgan fingerprint density at radius 1 is 1.39 bits per heavy atom. The van der Waals surface area contributed by atoms with E-state index in [0.29, 0.717) is 11.8 Å². The molecule has 102 valence electrons. The van der Waals surface area contributed by atoms with E-state index in [1.54, 1.807) is 6.26 Å². The molecule has 18 heavy (non-hydrogen) atoms. The van der Waals surface area contributed by atoms with Crippen molar-refractivity contribution in [2.75, 3.05) is 6.61 Å². The van der Waals surface area contributed by atoms with Crippen LogP contribution in [-0.2, 0) is 17.9 Å². The van der Waals surface area contributed by atoms with E-state index in [1.807, 2.05) is 6.07 Å². The predicted molar refractivity (Wildman–Crippen MR) is 58.9 cm³/mol. The van der Waals surface area contributed by atoms with E-state index in [-0.39, 0.29) is 13.2 Å². The molecule has 1 aromatic heterocycles. The number of ether oxygens (including phenoxy) is 1. The maximum Gasteiger partial charge on any atom is 0.391 e. The first-order chi connectivity index (χ1) is 8.53. The summed E-state index contributed by atoms with van der Waals surface area (Å²) in [7, 11) is 0. The second-order valence-electron chi connectivity index (χ2n) is 4.49. The average molecular weight is 263 g/mol. The SMILES string of the molecule is FC(F)(F)CCOCc1cc(CNC2CC2)co1. The minimum Gasteiger partial charge on any atom is -0.467 e. The molecule has 1 fully saturated rings. The molecule has 0 unspecified atom stereocenters. The Morgan fingerprint density at radius 2 is 2.17 bits per heavy atom. The summed E-state index contributed by atoms with van der Waals surface area (Å²) >= 11 is 0. The highest BCUT2D eigenvalue weighted by molar-refractivity contribution is 5.12. The van der Waals surface area contributed by atoms with Gasteiger partial charge in [-0.05, 0) is 18.9 Å². The van der Waals surface area contributed by atoms with Gasteiger partial charge in [-0.1, -0.05) is 0 Å². The van der Waals surface area contributed by atoms with Gasteiger partial charge in [0.05, 0.1) is 19.3 Å². The molecular formula is C12H16F3NO2. The number of rotatable bonds is 7. The molecule has 1 aliphatic carbocycles. The first kappa shape index (κ1) is 13.4. The van der Waals surface area contributed by atoms with Crippen LogP contribution in [0.4, 0.5) is 13.2 Å². The van der Waals surface area contributed by atoms with Crippen molar-refractivity contribution < 1.29 is 22.3 Å². The van der Waals surface area contributed by atoms with Crippen LogP contribution in [0.2, 0.25) is 0 Å². The zero-order valence-corrected chi connectivity index (χ0v) is 9.93. The summed E-state index contributed by atoms with van der Waals surface area (Å²) in [4.78, 5) is 0. The molecule has 0 atom stereocenters. The molecule has 0 aliphatic heterocycles. The minimum absolute atomic E-state index is 0.0828. The normalized spacial score (nSPS) is 16.2. The van der Waals surface area contributed by atoms with Gasteiger partial charge in [0.1, 0.15) is 12.4 Å². The average Bonchev–Trinajstić information content (AvgIpc) is 3.00. The monoisotopic (exact) mass is 263 g/mol. The predicted octanol–water partition coefficient (Wildman–Crippen LogP) is 3.00. The van der Waals surface area contributed by atoms with E-state index in [4.69, 9.17) is 9.15 Å². The van der Waals surface area contributed by atoms with Crippen molar-refractivity contribution in [3.8, 4) is 0 Å². The van der Waals surface area contributed by atoms with Crippen molar-refractivity contribution in [3.63, 3.8) is 0 Å². The third-order valence-corrected chi connectivity index (χ3v) is 2.65. The molecule has 0 bridgehead atoms. The van der Waals surface area contributed by atoms with Gasteiger partial charge in [-0.2, -0.15) is 13.2 Å². The highest BCUT2D eigenvalue weighted by Crippen LogP contribution is 2.21. The van der Waals surface area contributed by atoms with Crippen LogP contribution in [0, 0.1) is 0 Å². The van der Waals surface area contributed by atoms with E-state index in [9.17, 15) is 13.2 Å². The number of halogens is 3. The molecule has 1 saturated carbocycles. The Bertz CT molecular complexity index is 372. The van der Waals surface area contributed by atoms with Crippen molar-refractivity contribution in [3.05, 3.63) is 23.7 Å². The Hall–Kier alpha value is -1.01. The number of alkyl halides is 3. The van der Waals surface area contributed by atoms with Gasteiger partial charge >= 0.3 is 6.18 Å². The van der Waals surface area contributed by atoms with Gasteiger partial charge in [-0.3, -0.25) is 0 Å². The van der Waals surface area contributed by atoms with Crippen molar-refractivity contribution >= 4 is 0 Å². The topological polar surface area (TPSA) is 34.4 Å². The van der Waals surface area contributed by atoms with Crippen LogP contribution in [-0.4, -0.2) is 18.8 Å². The van der Waals surface area contributed by atoms with Gasteiger partial charge in [0.2, 0.25) is 0 Å². The molecule has 1 N–H and O–H groups in total. The molecule has 1 aliphatic rings. The van der Waals surface area contributed by atoms with E-state index in [2.05, 4.69) is 5.32 Å². The summed E-state index contributed by atoms with van der Waals surface area (Å²) < 4.78 is 45.7. The van der Waals surface area contributed by atoms with Crippen LogP contribution in [0.25, 0.3) is 0 Å². The highest BCUT2D eigenvalue weighted by atomic mass is 19.4. The minimum atomic E-state index is -4.16. The largest absolute Gasteiger partial charge is 0.467 e. The molecule has 0 aromatic carbocycles. The van der Waals surface area contributed by atoms with E-state index in [0.717, 1.165) is 12.1 Å². The van der Waals surface area contributed by atoms with Crippen molar-refractivity contribution in [2.24, 2.45) is 0 Å². The van der Waals surface area contributed by atoms with Gasteiger partial charge in [0.25, 0.3) is 0 Å². The summed E-state index contributed by atoms with van der Waals surface area (Å²) in [6.07, 6.45) is -1.05. The maximum absolute atomic E-state index is 11.9. The molecule has 0 saturated heterocycles. The zero-order valence-electron chi connectivity index (χ0n) is 9.93. The smallest absolute Gasteiger partial charge is 0.391 e. The molecule has 2 rings (SSSR count). The molecule has 0 radical (unpaired) electrons. The second kappa shape index (κ2) is 5.75. The van der Waals surface area contributed by atoms with Crippen molar-refractivity contribution in [2.45, 2.75) is 44.6 Å². The lowest BCUT2D eigenvalue weighted by Gasteiger charge is -2.05. The number of furan rings is 1. The summed E-state index contributed by atoms with van der Waals surface area (Å²) in [6.45, 7) is 0.482. The molecule has 0 spiro atoms. The van der Waals surface area contributed by atoms with Crippen LogP contribution in [0.5, 0.6) is 0 Å². The first-order valence-corrected chi connectivity index (χ1v) is 5.97. The third kappa shape index (κ3) is 5.10. The fraction of sp³-hybridized carbons (Fsp3) is 0.667. The molecule has 1 heterocycles. The molecular weight excluding hydrogens is 247 g/mol. The lowest BCUT2D eigenvalue weighted by Crippen LogP contribution is -2.14. The molecule has 0 amide bonds. The summed E-state index contributed by atoms with van der Waals surface area (Å²) in [5, 5.41) is 3.32. The fourth-order valence-electron chi connectivity index (χ4n) is 1.50. The third-order valence-electron chi connectivity index (χ3n) is 2.65. The van der Waals surface area contributed by atoms with Crippen LogP contribution >= 0.6 is 0 Å². The quantitative estimate of drug-likeness (QED) is 0.768. The Balaban J connectivity index is 1.63. The van der Waals surface area contributed by atoms with Gasteiger partial charge in [0, 0.05) is 18.2 Å². The van der Waals surface area contributed by atoms with Crippen LogP contribution in [0.3, 0.4) is 0 Å². The highest BCUT2D eigenvalue weighted by Gasteiger charge is 2.26. The standard InChI is InChI=1S/C12H16F3NO2/c13-12(14,15)3-4-17-8-11-5-9(7-18-11)6-16-10-1-2-10/h5,7,10,16H,1-4,6,8H2. The van der Waals surface area contributed by atoms with E-state index < -0.39 is 12.6 Å². The fourth-order valence-corrected chi connectivity index (χ4v) is 1.50. The number of nitrogens with one attached hydrogen (secondary N) is 1. The second-order valence-corrected chi connectivity index (χ2v) is 4.49. The number of hydrogen-bond acceptors (Lipinski definition) is 3. The lowest BCUT2D eigenvalue weighted by molar-refractivity contribution is -0.146. The zero-order chi connectivity index (χ0) is 13.0. The van der Waals surface area contributed by atoms with Gasteiger partial charge in [0.15, 0.2) is 0 Å². The van der Waals surface area contributed by atoms with Gasteiger partial charge < -0.3 is 14.5 Å². The summed E-state index contributed by atoms with van der Waals surface area (Å²) in [5.41, 5.74) is 0.997.